The summed E-state index contributed by atoms with van der Waals surface area (Å²) < 4.78 is 20.1. The van der Waals surface area contributed by atoms with Crippen LogP contribution in [0.4, 0.5) is 4.39 Å². The van der Waals surface area contributed by atoms with Crippen LogP contribution in [-0.2, 0) is 4.79 Å². The van der Waals surface area contributed by atoms with E-state index in [2.05, 4.69) is 35.0 Å². The van der Waals surface area contributed by atoms with Crippen molar-refractivity contribution in [1.29, 1.82) is 0 Å². The first-order chi connectivity index (χ1) is 15.0. The number of aryl methyl sites for hydroxylation is 1. The van der Waals surface area contributed by atoms with E-state index in [-0.39, 0.29) is 19.9 Å². The molecule has 0 radical (unpaired) electrons. The summed E-state index contributed by atoms with van der Waals surface area (Å²) in [5, 5.41) is 0.976. The normalized spacial score (nSPS) is 20.6. The van der Waals surface area contributed by atoms with Crippen LogP contribution in [0.2, 0.25) is 0 Å². The molecule has 0 fully saturated rings. The van der Waals surface area contributed by atoms with Crippen molar-refractivity contribution in [1.82, 2.24) is 14.8 Å². The Morgan fingerprint density at radius 2 is 2.26 bits per heavy atom. The van der Waals surface area contributed by atoms with E-state index in [0.717, 1.165) is 48.9 Å². The van der Waals surface area contributed by atoms with Gasteiger partial charge in [0.2, 0.25) is 6.41 Å². The minimum Gasteiger partial charge on any atom is -0.441 e. The molecule has 2 atom stereocenters. The molecule has 1 amide bonds. The Morgan fingerprint density at radius 3 is 2.94 bits per heavy atom. The van der Waals surface area contributed by atoms with Crippen LogP contribution in [0.25, 0.3) is 16.4 Å². The zero-order chi connectivity index (χ0) is 22.0. The third-order valence-corrected chi connectivity index (χ3v) is 7.43. The Labute approximate surface area is 183 Å². The van der Waals surface area contributed by atoms with Crippen LogP contribution in [0.1, 0.15) is 31.7 Å². The largest absolute Gasteiger partial charge is 0.441 e. The zero-order valence-corrected chi connectivity index (χ0v) is 19.1. The number of oxazole rings is 1. The number of halogens is 1. The molecule has 2 unspecified atom stereocenters. The predicted octanol–water partition coefficient (Wildman–Crippen LogP) is 5.20. The topological polar surface area (TPSA) is 49.6 Å². The summed E-state index contributed by atoms with van der Waals surface area (Å²) in [5.41, 5.74) is 3.83. The molecule has 1 aromatic carbocycles. The first-order valence-corrected chi connectivity index (χ1v) is 11.6. The molecular formula is C24H27FN3O2P. The average Bonchev–Trinajstić information content (AvgIpc) is 3.18. The Hall–Kier alpha value is -2.56. The molecule has 0 saturated carbocycles. The number of hydrogen-bond donors (Lipinski definition) is 0. The Morgan fingerprint density at radius 1 is 1.42 bits per heavy atom. The summed E-state index contributed by atoms with van der Waals surface area (Å²) >= 11 is 0. The molecule has 5 nitrogen and oxygen atoms in total. The summed E-state index contributed by atoms with van der Waals surface area (Å²) in [5.74, 6) is -0.0546. The van der Waals surface area contributed by atoms with Crippen molar-refractivity contribution in [3.05, 3.63) is 71.1 Å². The van der Waals surface area contributed by atoms with E-state index in [0.29, 0.717) is 11.5 Å². The monoisotopic (exact) mass is 439 g/mol. The molecule has 0 bridgehead atoms. The number of rotatable bonds is 6. The van der Waals surface area contributed by atoms with Crippen LogP contribution in [0.15, 0.2) is 58.2 Å². The molecule has 0 spiro atoms. The second-order valence-electron chi connectivity index (χ2n) is 7.70. The van der Waals surface area contributed by atoms with Crippen molar-refractivity contribution in [2.75, 3.05) is 19.6 Å². The van der Waals surface area contributed by atoms with Gasteiger partial charge in [-0.15, -0.1) is 0 Å². The summed E-state index contributed by atoms with van der Waals surface area (Å²) in [6.07, 6.45) is 12.2. The second-order valence-corrected chi connectivity index (χ2v) is 9.12. The van der Waals surface area contributed by atoms with Gasteiger partial charge in [0.05, 0.1) is 5.78 Å². The molecule has 31 heavy (non-hydrogen) atoms. The highest BCUT2D eigenvalue weighted by molar-refractivity contribution is 7.51. The fraction of sp³-hybridized carbons (Fsp3) is 0.333. The van der Waals surface area contributed by atoms with Crippen LogP contribution in [0.3, 0.4) is 0 Å². The second kappa shape index (κ2) is 9.29. The maximum Gasteiger partial charge on any atom is 0.214 e. The summed E-state index contributed by atoms with van der Waals surface area (Å²) in [6.45, 7) is 8.84. The lowest BCUT2D eigenvalue weighted by Crippen LogP contribution is -2.30. The lowest BCUT2D eigenvalue weighted by molar-refractivity contribution is -0.116. The molecule has 4 rings (SSSR count). The van der Waals surface area contributed by atoms with Crippen molar-refractivity contribution >= 4 is 31.4 Å². The highest BCUT2D eigenvalue weighted by atomic mass is 31.1. The van der Waals surface area contributed by atoms with E-state index in [1.165, 1.54) is 11.6 Å². The van der Waals surface area contributed by atoms with Crippen LogP contribution in [0.5, 0.6) is 0 Å². The van der Waals surface area contributed by atoms with Gasteiger partial charge in [0.15, 0.2) is 17.3 Å². The first-order valence-electron chi connectivity index (χ1n) is 10.6. The smallest absolute Gasteiger partial charge is 0.214 e. The van der Waals surface area contributed by atoms with Crippen molar-refractivity contribution in [2.45, 2.75) is 33.0 Å². The summed E-state index contributed by atoms with van der Waals surface area (Å²) in [6, 6.07) is 3.32. The Balaban J connectivity index is 1.54. The fourth-order valence-corrected chi connectivity index (χ4v) is 5.27. The van der Waals surface area contributed by atoms with E-state index in [9.17, 15) is 9.18 Å². The van der Waals surface area contributed by atoms with E-state index in [1.807, 2.05) is 25.3 Å². The number of fused-ring (bicyclic) bond motifs is 1. The summed E-state index contributed by atoms with van der Waals surface area (Å²) in [4.78, 5) is 20.1. The number of nitrogens with zero attached hydrogens (tertiary/aromatic N) is 3. The summed E-state index contributed by atoms with van der Waals surface area (Å²) in [7, 11) is 0.274. The van der Waals surface area contributed by atoms with Gasteiger partial charge in [-0.05, 0) is 54.0 Å². The fourth-order valence-electron chi connectivity index (χ4n) is 4.00. The van der Waals surface area contributed by atoms with Crippen molar-refractivity contribution in [2.24, 2.45) is 0 Å². The lowest BCUT2D eigenvalue weighted by Gasteiger charge is -2.30. The number of carbonyl (C=O) groups is 1. The molecule has 162 valence electrons. The van der Waals surface area contributed by atoms with Gasteiger partial charge in [-0.25, -0.2) is 9.37 Å². The molecule has 0 N–H and O–H groups in total. The number of benzene rings is 1. The number of hydrogen-bond acceptors (Lipinski definition) is 4. The predicted molar refractivity (Wildman–Crippen MR) is 124 cm³/mol. The molecule has 0 aliphatic carbocycles. The van der Waals surface area contributed by atoms with Gasteiger partial charge in [-0.3, -0.25) is 9.69 Å². The third-order valence-electron chi connectivity index (χ3n) is 5.76. The van der Waals surface area contributed by atoms with Crippen LogP contribution in [0, 0.1) is 12.7 Å². The molecule has 0 saturated heterocycles. The number of carbonyl (C=O) groups excluding carboxylic acids is 1. The molecule has 3 heterocycles. The Bertz CT molecular complexity index is 1120. The zero-order valence-electron chi connectivity index (χ0n) is 18.1. The SMILES string of the molecule is C/C=C(\PC1C=CC(C2=CCN(CC)CC2)=CN1C=O)c1cc(F)c2nc(C)oc2c1. The van der Waals surface area contributed by atoms with Gasteiger partial charge < -0.3 is 9.32 Å². The van der Waals surface area contributed by atoms with Crippen LogP contribution in [-0.4, -0.2) is 46.6 Å². The van der Waals surface area contributed by atoms with E-state index < -0.39 is 5.82 Å². The highest BCUT2D eigenvalue weighted by Crippen LogP contribution is 2.42. The van der Waals surface area contributed by atoms with Gasteiger partial charge in [0, 0.05) is 26.2 Å². The number of aromatic nitrogens is 1. The molecule has 2 aromatic rings. The minimum absolute atomic E-state index is 0.0981. The lowest BCUT2D eigenvalue weighted by atomic mass is 9.98. The van der Waals surface area contributed by atoms with Gasteiger partial charge in [-0.1, -0.05) is 39.8 Å². The van der Waals surface area contributed by atoms with Crippen molar-refractivity contribution in [3.63, 3.8) is 0 Å². The van der Waals surface area contributed by atoms with Crippen LogP contribution >= 0.6 is 8.58 Å². The van der Waals surface area contributed by atoms with Crippen LogP contribution < -0.4 is 0 Å². The van der Waals surface area contributed by atoms with Gasteiger partial charge >= 0.3 is 0 Å². The highest BCUT2D eigenvalue weighted by Gasteiger charge is 2.22. The first kappa shape index (κ1) is 21.7. The molecule has 2 aliphatic rings. The number of amides is 1. The maximum absolute atomic E-state index is 14.5. The van der Waals surface area contributed by atoms with Gasteiger partial charge in [-0.2, -0.15) is 0 Å². The standard InChI is InChI=1S/C24H27FN3O2P/c1-4-22(19-12-20(25)24-21(13-19)30-16(3)26-24)31-23-7-6-18(14-28(23)15-29)17-8-10-27(5-2)11-9-17/h4,6-8,12-15,23,31H,5,9-11H2,1-3H3/b22-4-. The number of allylic oxidation sites excluding steroid dienone is 3. The maximum atomic E-state index is 14.5. The molecular weight excluding hydrogens is 412 g/mol. The van der Waals surface area contributed by atoms with Gasteiger partial charge in [0.25, 0.3) is 0 Å². The van der Waals surface area contributed by atoms with Crippen molar-refractivity contribution in [3.8, 4) is 0 Å². The molecule has 7 heteroatoms. The number of likely N-dealkylation sites (N-methyl/N-ethyl adjacent to an activating group) is 1. The Kier molecular flexibility index (Phi) is 6.49. The van der Waals surface area contributed by atoms with Crippen molar-refractivity contribution < 1.29 is 13.6 Å². The average molecular weight is 439 g/mol. The third kappa shape index (κ3) is 4.56. The van der Waals surface area contributed by atoms with E-state index in [4.69, 9.17) is 4.42 Å². The molecule has 2 aliphatic heterocycles. The minimum atomic E-state index is -0.396. The van der Waals surface area contributed by atoms with Gasteiger partial charge in [0.1, 0.15) is 5.52 Å². The van der Waals surface area contributed by atoms with E-state index in [1.54, 1.807) is 11.8 Å². The molecule has 1 aromatic heterocycles. The quantitative estimate of drug-likeness (QED) is 0.458. The van der Waals surface area contributed by atoms with E-state index >= 15 is 0 Å².